The highest BCUT2D eigenvalue weighted by Gasteiger charge is 2.16. The van der Waals surface area contributed by atoms with Gasteiger partial charge >= 0.3 is 0 Å². The van der Waals surface area contributed by atoms with E-state index in [-0.39, 0.29) is 5.91 Å². The van der Waals surface area contributed by atoms with E-state index < -0.39 is 10.0 Å². The zero-order valence-electron chi connectivity index (χ0n) is 17.1. The van der Waals surface area contributed by atoms with Gasteiger partial charge in [0, 0.05) is 25.2 Å². The van der Waals surface area contributed by atoms with E-state index in [2.05, 4.69) is 34.5 Å². The molecule has 1 aliphatic heterocycles. The lowest BCUT2D eigenvalue weighted by Crippen LogP contribution is -2.29. The van der Waals surface area contributed by atoms with Gasteiger partial charge in [0.1, 0.15) is 0 Å². The lowest BCUT2D eigenvalue weighted by molar-refractivity contribution is 0.0951. The number of hydrogen-bond acceptors (Lipinski definition) is 4. The van der Waals surface area contributed by atoms with Gasteiger partial charge in [-0.1, -0.05) is 24.3 Å². The Morgan fingerprint density at radius 2 is 1.59 bits per heavy atom. The van der Waals surface area contributed by atoms with Crippen molar-refractivity contribution in [3.05, 3.63) is 65.2 Å². The van der Waals surface area contributed by atoms with Crippen molar-refractivity contribution in [2.24, 2.45) is 0 Å². The highest BCUT2D eigenvalue weighted by atomic mass is 32.2. The normalized spacial score (nSPS) is 14.7. The van der Waals surface area contributed by atoms with Crippen molar-refractivity contribution in [3.8, 4) is 0 Å². The minimum absolute atomic E-state index is 0.180. The monoisotopic (exact) mass is 415 g/mol. The molecule has 0 spiro atoms. The van der Waals surface area contributed by atoms with Crippen LogP contribution in [0.1, 0.15) is 41.3 Å². The molecule has 1 saturated heterocycles. The van der Waals surface area contributed by atoms with Crippen molar-refractivity contribution in [1.29, 1.82) is 0 Å². The molecule has 0 radical (unpaired) electrons. The smallest absolute Gasteiger partial charge is 0.251 e. The zero-order chi connectivity index (χ0) is 20.9. The number of nitrogens with zero attached hydrogens (tertiary/aromatic N) is 2. The maximum absolute atomic E-state index is 12.4. The number of nitrogens with one attached hydrogen (secondary N) is 1. The SMILES string of the molecule is CCN(c1ccc(C(=O)NCc2ccc(CN3CCCC3)cc2)cc1)S(C)(=O)=O. The fraction of sp³-hybridized carbons (Fsp3) is 0.409. The van der Waals surface area contributed by atoms with Crippen molar-refractivity contribution >= 4 is 21.6 Å². The van der Waals surface area contributed by atoms with E-state index in [0.29, 0.717) is 24.3 Å². The van der Waals surface area contributed by atoms with Crippen LogP contribution in [-0.2, 0) is 23.1 Å². The molecule has 1 amide bonds. The predicted octanol–water partition coefficient (Wildman–Crippen LogP) is 3.00. The summed E-state index contributed by atoms with van der Waals surface area (Å²) in [7, 11) is -3.33. The van der Waals surface area contributed by atoms with Gasteiger partial charge in [-0.05, 0) is 68.2 Å². The molecule has 0 saturated carbocycles. The van der Waals surface area contributed by atoms with Crippen LogP contribution >= 0.6 is 0 Å². The summed E-state index contributed by atoms with van der Waals surface area (Å²) in [6.45, 7) is 5.92. The van der Waals surface area contributed by atoms with Crippen LogP contribution in [0.3, 0.4) is 0 Å². The molecule has 1 fully saturated rings. The standard InChI is InChI=1S/C22H29N3O3S/c1-3-25(29(2,27)28)21-12-10-20(11-13-21)22(26)23-16-18-6-8-19(9-7-18)17-24-14-4-5-15-24/h6-13H,3-5,14-17H2,1-2H3,(H,23,26). The summed E-state index contributed by atoms with van der Waals surface area (Å²) in [6, 6.07) is 15.0. The van der Waals surface area contributed by atoms with Crippen LogP contribution in [0.2, 0.25) is 0 Å². The molecule has 1 N–H and O–H groups in total. The van der Waals surface area contributed by atoms with Crippen LogP contribution in [0.25, 0.3) is 0 Å². The number of anilines is 1. The van der Waals surface area contributed by atoms with E-state index in [1.165, 1.54) is 42.1 Å². The average molecular weight is 416 g/mol. The van der Waals surface area contributed by atoms with E-state index in [1.54, 1.807) is 31.2 Å². The maximum atomic E-state index is 12.4. The predicted molar refractivity (Wildman–Crippen MR) is 116 cm³/mol. The second-order valence-corrected chi connectivity index (χ2v) is 9.36. The molecule has 0 unspecified atom stereocenters. The lowest BCUT2D eigenvalue weighted by Gasteiger charge is -2.20. The zero-order valence-corrected chi connectivity index (χ0v) is 17.9. The molecule has 2 aromatic rings. The second-order valence-electron chi connectivity index (χ2n) is 7.46. The topological polar surface area (TPSA) is 69.7 Å². The number of likely N-dealkylation sites (tertiary alicyclic amines) is 1. The first-order valence-electron chi connectivity index (χ1n) is 10.0. The van der Waals surface area contributed by atoms with E-state index >= 15 is 0 Å². The van der Waals surface area contributed by atoms with Crippen LogP contribution in [0, 0.1) is 0 Å². The van der Waals surface area contributed by atoms with E-state index in [0.717, 1.165) is 12.1 Å². The van der Waals surface area contributed by atoms with Crippen molar-refractivity contribution < 1.29 is 13.2 Å². The van der Waals surface area contributed by atoms with Gasteiger partial charge in [-0.25, -0.2) is 8.42 Å². The molecule has 2 aromatic carbocycles. The molecule has 29 heavy (non-hydrogen) atoms. The lowest BCUT2D eigenvalue weighted by atomic mass is 10.1. The van der Waals surface area contributed by atoms with Crippen molar-refractivity contribution in [1.82, 2.24) is 10.2 Å². The molecular weight excluding hydrogens is 386 g/mol. The molecule has 6 nitrogen and oxygen atoms in total. The Labute approximate surface area is 173 Å². The molecular formula is C22H29N3O3S. The van der Waals surface area contributed by atoms with Gasteiger partial charge in [0.15, 0.2) is 0 Å². The minimum atomic E-state index is -3.33. The Morgan fingerprint density at radius 1 is 1.00 bits per heavy atom. The third kappa shape index (κ3) is 5.81. The first-order chi connectivity index (χ1) is 13.9. The number of sulfonamides is 1. The van der Waals surface area contributed by atoms with E-state index in [4.69, 9.17) is 0 Å². The summed E-state index contributed by atoms with van der Waals surface area (Å²) >= 11 is 0. The van der Waals surface area contributed by atoms with Crippen molar-refractivity contribution in [2.75, 3.05) is 30.2 Å². The third-order valence-electron chi connectivity index (χ3n) is 5.19. The minimum Gasteiger partial charge on any atom is -0.348 e. The molecule has 3 rings (SSSR count). The summed E-state index contributed by atoms with van der Waals surface area (Å²) in [4.78, 5) is 14.9. The highest BCUT2D eigenvalue weighted by molar-refractivity contribution is 7.92. The Kier molecular flexibility index (Phi) is 6.92. The van der Waals surface area contributed by atoms with Gasteiger partial charge in [-0.3, -0.25) is 14.0 Å². The molecule has 0 aliphatic carbocycles. The molecule has 0 bridgehead atoms. The maximum Gasteiger partial charge on any atom is 0.251 e. The first kappa shape index (κ1) is 21.3. The molecule has 0 aromatic heterocycles. The first-order valence-corrected chi connectivity index (χ1v) is 11.9. The van der Waals surface area contributed by atoms with Crippen LogP contribution in [0.4, 0.5) is 5.69 Å². The van der Waals surface area contributed by atoms with E-state index in [1.807, 2.05) is 0 Å². The molecule has 7 heteroatoms. The quantitative estimate of drug-likeness (QED) is 0.720. The number of amides is 1. The Morgan fingerprint density at radius 3 is 2.14 bits per heavy atom. The van der Waals surface area contributed by atoms with Gasteiger partial charge in [0.05, 0.1) is 11.9 Å². The van der Waals surface area contributed by atoms with Gasteiger partial charge < -0.3 is 5.32 Å². The summed E-state index contributed by atoms with van der Waals surface area (Å²) in [5.41, 5.74) is 3.40. The van der Waals surface area contributed by atoms with Crippen LogP contribution < -0.4 is 9.62 Å². The molecule has 156 valence electrons. The molecule has 1 aliphatic rings. The number of benzene rings is 2. The number of hydrogen-bond donors (Lipinski definition) is 1. The van der Waals surface area contributed by atoms with Crippen molar-refractivity contribution in [2.45, 2.75) is 32.9 Å². The Balaban J connectivity index is 1.55. The van der Waals surface area contributed by atoms with Gasteiger partial charge in [0.2, 0.25) is 10.0 Å². The largest absolute Gasteiger partial charge is 0.348 e. The summed E-state index contributed by atoms with van der Waals surface area (Å²) in [5, 5.41) is 2.92. The van der Waals surface area contributed by atoms with Gasteiger partial charge in [0.25, 0.3) is 5.91 Å². The summed E-state index contributed by atoms with van der Waals surface area (Å²) in [6.07, 6.45) is 3.75. The van der Waals surface area contributed by atoms with E-state index in [9.17, 15) is 13.2 Å². The average Bonchev–Trinajstić information content (AvgIpc) is 3.20. The molecule has 1 heterocycles. The Bertz CT molecular complexity index is 919. The third-order valence-corrected chi connectivity index (χ3v) is 6.46. The fourth-order valence-corrected chi connectivity index (χ4v) is 4.61. The van der Waals surface area contributed by atoms with Crippen LogP contribution in [0.5, 0.6) is 0 Å². The summed E-state index contributed by atoms with van der Waals surface area (Å²) in [5.74, 6) is -0.180. The fourth-order valence-electron chi connectivity index (χ4n) is 3.63. The number of carbonyl (C=O) groups excluding carboxylic acids is 1. The van der Waals surface area contributed by atoms with Gasteiger partial charge in [-0.15, -0.1) is 0 Å². The number of rotatable bonds is 8. The van der Waals surface area contributed by atoms with Crippen LogP contribution in [0.15, 0.2) is 48.5 Å². The highest BCUT2D eigenvalue weighted by Crippen LogP contribution is 2.18. The van der Waals surface area contributed by atoms with Crippen LogP contribution in [-0.4, -0.2) is 45.1 Å². The summed E-state index contributed by atoms with van der Waals surface area (Å²) < 4.78 is 24.9. The second kappa shape index (κ2) is 9.41. The Hall–Kier alpha value is -2.38. The van der Waals surface area contributed by atoms with Crippen molar-refractivity contribution in [3.63, 3.8) is 0 Å². The number of carbonyl (C=O) groups is 1. The van der Waals surface area contributed by atoms with Gasteiger partial charge in [-0.2, -0.15) is 0 Å². The molecule has 0 atom stereocenters.